The summed E-state index contributed by atoms with van der Waals surface area (Å²) in [5.74, 6) is -1.18. The lowest BCUT2D eigenvalue weighted by molar-refractivity contribution is -0.140. The summed E-state index contributed by atoms with van der Waals surface area (Å²) >= 11 is 0. The largest absolute Gasteiger partial charge is 0.480 e. The number of hydrogen-bond acceptors (Lipinski definition) is 4. The maximum Gasteiger partial charge on any atom is 0.323 e. The smallest absolute Gasteiger partial charge is 0.323 e. The van der Waals surface area contributed by atoms with Gasteiger partial charge in [0.05, 0.1) is 6.10 Å². The van der Waals surface area contributed by atoms with Crippen molar-refractivity contribution in [2.24, 2.45) is 5.73 Å². The zero-order valence-electron chi connectivity index (χ0n) is 8.05. The van der Waals surface area contributed by atoms with Crippen LogP contribution >= 0.6 is 0 Å². The third kappa shape index (κ3) is 6.22. The van der Waals surface area contributed by atoms with Gasteiger partial charge in [0.1, 0.15) is 6.04 Å². The number of hydrogen-bond donors (Lipinski definition) is 4. The molecule has 5 nitrogen and oxygen atoms in total. The highest BCUT2D eigenvalue weighted by atomic mass is 16.4. The molecule has 1 rings (SSSR count). The van der Waals surface area contributed by atoms with E-state index in [0.29, 0.717) is 0 Å². The SMILES string of the molecule is C1=CNC=CC1.CC(O)C(N)C(=O)O. The molecule has 0 saturated heterocycles. The highest BCUT2D eigenvalue weighted by Crippen LogP contribution is 1.87. The van der Waals surface area contributed by atoms with Gasteiger partial charge < -0.3 is 21.3 Å². The van der Waals surface area contributed by atoms with E-state index >= 15 is 0 Å². The summed E-state index contributed by atoms with van der Waals surface area (Å²) in [7, 11) is 0. The van der Waals surface area contributed by atoms with Gasteiger partial charge in [-0.3, -0.25) is 4.79 Å². The molecule has 1 aliphatic rings. The number of aliphatic hydroxyl groups excluding tert-OH is 1. The van der Waals surface area contributed by atoms with Crippen LogP contribution in [0.2, 0.25) is 0 Å². The number of aliphatic hydroxyl groups is 1. The average Bonchev–Trinajstić information content (AvgIpc) is 2.20. The lowest BCUT2D eigenvalue weighted by Gasteiger charge is -2.06. The van der Waals surface area contributed by atoms with Crippen LogP contribution in [0.3, 0.4) is 0 Å². The standard InChI is InChI=1S/C5H7N.C4H9NO3/c1-2-4-6-5-3-1;1-2(6)3(5)4(7)8/h2-6H,1H2;2-3,6H,5H2,1H3,(H,7,8). The fraction of sp³-hybridized carbons (Fsp3) is 0.444. The first-order valence-electron chi connectivity index (χ1n) is 4.28. The van der Waals surface area contributed by atoms with E-state index in [4.69, 9.17) is 15.9 Å². The fourth-order valence-corrected chi connectivity index (χ4v) is 0.613. The Labute approximate surface area is 82.9 Å². The molecule has 2 unspecified atom stereocenters. The van der Waals surface area contributed by atoms with Crippen LogP contribution in [0, 0.1) is 0 Å². The Balaban J connectivity index is 0.000000249. The molecular formula is C9H16N2O3. The van der Waals surface area contributed by atoms with Crippen molar-refractivity contribution in [3.63, 3.8) is 0 Å². The molecule has 1 aliphatic heterocycles. The van der Waals surface area contributed by atoms with Crippen LogP contribution < -0.4 is 11.1 Å². The molecule has 0 bridgehead atoms. The minimum Gasteiger partial charge on any atom is -0.480 e. The van der Waals surface area contributed by atoms with E-state index in [1.54, 1.807) is 0 Å². The maximum atomic E-state index is 9.86. The number of carbonyl (C=O) groups is 1. The second kappa shape index (κ2) is 7.11. The van der Waals surface area contributed by atoms with Crippen LogP contribution in [0.5, 0.6) is 0 Å². The van der Waals surface area contributed by atoms with Crippen LogP contribution in [0.1, 0.15) is 13.3 Å². The van der Waals surface area contributed by atoms with Gasteiger partial charge in [0, 0.05) is 0 Å². The van der Waals surface area contributed by atoms with E-state index < -0.39 is 18.1 Å². The Kier molecular flexibility index (Phi) is 6.43. The second-order valence-electron chi connectivity index (χ2n) is 2.81. The molecule has 0 saturated carbocycles. The van der Waals surface area contributed by atoms with Gasteiger partial charge in [0.2, 0.25) is 0 Å². The molecule has 0 amide bonds. The van der Waals surface area contributed by atoms with Crippen LogP contribution in [0.4, 0.5) is 0 Å². The lowest BCUT2D eigenvalue weighted by Crippen LogP contribution is -2.39. The predicted octanol–water partition coefficient (Wildman–Crippen LogP) is -0.214. The molecule has 0 aromatic heterocycles. The number of aliphatic carboxylic acids is 1. The number of dihydropyridines is 1. The minimum absolute atomic E-state index is 0.979. The molecule has 0 aromatic rings. The Bertz CT molecular complexity index is 204. The van der Waals surface area contributed by atoms with Crippen molar-refractivity contribution in [3.8, 4) is 0 Å². The van der Waals surface area contributed by atoms with Crippen molar-refractivity contribution < 1.29 is 15.0 Å². The number of rotatable bonds is 2. The highest BCUT2D eigenvalue weighted by Gasteiger charge is 2.16. The van der Waals surface area contributed by atoms with Crippen molar-refractivity contribution >= 4 is 5.97 Å². The highest BCUT2D eigenvalue weighted by molar-refractivity contribution is 5.73. The summed E-state index contributed by atoms with van der Waals surface area (Å²) in [5, 5.41) is 19.5. The molecule has 1 heterocycles. The second-order valence-corrected chi connectivity index (χ2v) is 2.81. The molecule has 0 spiro atoms. The van der Waals surface area contributed by atoms with Crippen molar-refractivity contribution in [3.05, 3.63) is 24.6 Å². The lowest BCUT2D eigenvalue weighted by atomic mass is 10.2. The van der Waals surface area contributed by atoms with Crippen LogP contribution in [0.25, 0.3) is 0 Å². The summed E-state index contributed by atoms with van der Waals surface area (Å²) in [4.78, 5) is 9.86. The van der Waals surface area contributed by atoms with Crippen molar-refractivity contribution in [1.29, 1.82) is 0 Å². The van der Waals surface area contributed by atoms with Crippen LogP contribution in [-0.4, -0.2) is 28.3 Å². The van der Waals surface area contributed by atoms with E-state index in [0.717, 1.165) is 6.42 Å². The number of carboxylic acid groups (broad SMARTS) is 1. The minimum atomic E-state index is -1.18. The van der Waals surface area contributed by atoms with Gasteiger partial charge in [-0.1, -0.05) is 12.2 Å². The number of carboxylic acids is 1. The van der Waals surface area contributed by atoms with Crippen molar-refractivity contribution in [2.45, 2.75) is 25.5 Å². The number of nitrogens with one attached hydrogen (secondary N) is 1. The van der Waals surface area contributed by atoms with Gasteiger partial charge in [0.25, 0.3) is 0 Å². The number of allylic oxidation sites excluding steroid dienone is 2. The normalized spacial score (nSPS) is 17.4. The Hall–Kier alpha value is -1.33. The summed E-state index contributed by atoms with van der Waals surface area (Å²) in [5.41, 5.74) is 4.91. The first-order valence-corrected chi connectivity index (χ1v) is 4.28. The Morgan fingerprint density at radius 2 is 2.00 bits per heavy atom. The molecule has 0 fully saturated rings. The maximum absolute atomic E-state index is 9.86. The molecule has 80 valence electrons. The number of nitrogens with two attached hydrogens (primary N) is 1. The van der Waals surface area contributed by atoms with Crippen LogP contribution in [0.15, 0.2) is 24.6 Å². The van der Waals surface area contributed by atoms with E-state index in [2.05, 4.69) is 17.5 Å². The van der Waals surface area contributed by atoms with Gasteiger partial charge in [-0.2, -0.15) is 0 Å². The molecule has 0 aromatic carbocycles. The van der Waals surface area contributed by atoms with Gasteiger partial charge in [-0.25, -0.2) is 0 Å². The molecule has 0 aliphatic carbocycles. The Morgan fingerprint density at radius 1 is 1.50 bits per heavy atom. The molecule has 5 N–H and O–H groups in total. The van der Waals surface area contributed by atoms with Gasteiger partial charge in [-0.15, -0.1) is 0 Å². The zero-order chi connectivity index (χ0) is 11.0. The summed E-state index contributed by atoms with van der Waals surface area (Å²) in [6.45, 7) is 1.33. The average molecular weight is 200 g/mol. The van der Waals surface area contributed by atoms with E-state index in [1.165, 1.54) is 6.92 Å². The first-order chi connectivity index (χ1) is 6.55. The van der Waals surface area contributed by atoms with Crippen LogP contribution in [-0.2, 0) is 4.79 Å². The fourth-order valence-electron chi connectivity index (χ4n) is 0.613. The van der Waals surface area contributed by atoms with Crippen molar-refractivity contribution in [2.75, 3.05) is 0 Å². The third-order valence-corrected chi connectivity index (χ3v) is 1.51. The summed E-state index contributed by atoms with van der Waals surface area (Å²) < 4.78 is 0. The molecule has 0 radical (unpaired) electrons. The van der Waals surface area contributed by atoms with Gasteiger partial charge >= 0.3 is 5.97 Å². The third-order valence-electron chi connectivity index (χ3n) is 1.51. The molecule has 2 atom stereocenters. The summed E-state index contributed by atoms with van der Waals surface area (Å²) in [6, 6.07) is -1.16. The zero-order valence-corrected chi connectivity index (χ0v) is 8.05. The van der Waals surface area contributed by atoms with Gasteiger partial charge in [-0.05, 0) is 25.7 Å². The quantitative estimate of drug-likeness (QED) is 0.494. The summed E-state index contributed by atoms with van der Waals surface area (Å²) in [6.07, 6.45) is 8.10. The van der Waals surface area contributed by atoms with E-state index in [1.807, 2.05) is 12.4 Å². The van der Waals surface area contributed by atoms with Crippen molar-refractivity contribution in [1.82, 2.24) is 5.32 Å². The van der Waals surface area contributed by atoms with E-state index in [-0.39, 0.29) is 0 Å². The van der Waals surface area contributed by atoms with Gasteiger partial charge in [0.15, 0.2) is 0 Å². The first kappa shape index (κ1) is 12.7. The molecule has 5 heteroatoms. The predicted molar refractivity (Wildman–Crippen MR) is 53.3 cm³/mol. The monoisotopic (exact) mass is 200 g/mol. The topological polar surface area (TPSA) is 95.6 Å². The molecule has 14 heavy (non-hydrogen) atoms. The Morgan fingerprint density at radius 3 is 2.07 bits per heavy atom. The molecular weight excluding hydrogens is 184 g/mol. The van der Waals surface area contributed by atoms with E-state index in [9.17, 15) is 4.79 Å².